The van der Waals surface area contributed by atoms with E-state index in [-0.39, 0.29) is 22.0 Å². The summed E-state index contributed by atoms with van der Waals surface area (Å²) < 4.78 is 31.7. The third kappa shape index (κ3) is 4.65. The van der Waals surface area contributed by atoms with Crippen LogP contribution in [0.15, 0.2) is 41.3 Å². The fraction of sp³-hybridized carbons (Fsp3) is 0.278. The number of non-ortho nitro benzene ring substituents is 1. The molecule has 0 heterocycles. The number of anilines is 1. The molecule has 2 rings (SSSR count). The number of nitrogens with one attached hydrogen (secondary N) is 1. The topological polar surface area (TPSA) is 119 Å². The van der Waals surface area contributed by atoms with Gasteiger partial charge < -0.3 is 10.1 Å². The van der Waals surface area contributed by atoms with E-state index >= 15 is 0 Å². The Hall–Kier alpha value is -2.98. The van der Waals surface area contributed by atoms with Crippen molar-refractivity contribution in [1.82, 2.24) is 4.31 Å². The van der Waals surface area contributed by atoms with Gasteiger partial charge in [-0.25, -0.2) is 8.42 Å². The molecule has 0 aliphatic rings. The summed E-state index contributed by atoms with van der Waals surface area (Å²) in [5.41, 5.74) is 1.42. The Bertz CT molecular complexity index is 1020. The third-order valence-corrected chi connectivity index (χ3v) is 5.90. The summed E-state index contributed by atoms with van der Waals surface area (Å²) in [4.78, 5) is 22.6. The molecule has 0 fully saturated rings. The Morgan fingerprint density at radius 3 is 2.50 bits per heavy atom. The minimum Gasteiger partial charge on any atom is -0.495 e. The molecule has 150 valence electrons. The van der Waals surface area contributed by atoms with Crippen molar-refractivity contribution in [3.8, 4) is 5.75 Å². The predicted octanol–water partition coefficient (Wildman–Crippen LogP) is 2.48. The molecule has 0 aliphatic heterocycles. The second-order valence-corrected chi connectivity index (χ2v) is 8.23. The molecule has 0 saturated carbocycles. The van der Waals surface area contributed by atoms with Gasteiger partial charge in [-0.3, -0.25) is 14.9 Å². The lowest BCUT2D eigenvalue weighted by Crippen LogP contribution is -2.35. The predicted molar refractivity (Wildman–Crippen MR) is 104 cm³/mol. The van der Waals surface area contributed by atoms with Crippen LogP contribution in [0.4, 0.5) is 11.4 Å². The number of hydrogen-bond donors (Lipinski definition) is 1. The molecule has 0 aliphatic carbocycles. The van der Waals surface area contributed by atoms with Crippen molar-refractivity contribution in [2.24, 2.45) is 0 Å². The standard InChI is InChI=1S/C18H21N3O6S/c1-12-5-8-16(27-4)17(9-12)28(25,26)20(3)11-18(22)19-15-10-14(21(23)24)7-6-13(15)2/h5-10H,11H2,1-4H3,(H,19,22). The first-order valence-electron chi connectivity index (χ1n) is 8.22. The number of benzene rings is 2. The molecule has 0 spiro atoms. The molecule has 0 radical (unpaired) electrons. The van der Waals surface area contributed by atoms with Crippen LogP contribution < -0.4 is 10.1 Å². The Morgan fingerprint density at radius 2 is 1.89 bits per heavy atom. The minimum atomic E-state index is -3.98. The second kappa shape index (κ2) is 8.36. The van der Waals surface area contributed by atoms with Crippen molar-refractivity contribution in [2.75, 3.05) is 26.0 Å². The van der Waals surface area contributed by atoms with E-state index in [1.54, 1.807) is 26.0 Å². The van der Waals surface area contributed by atoms with Gasteiger partial charge in [0.2, 0.25) is 15.9 Å². The number of hydrogen-bond acceptors (Lipinski definition) is 6. The largest absolute Gasteiger partial charge is 0.495 e. The number of methoxy groups -OCH3 is 1. The lowest BCUT2D eigenvalue weighted by atomic mass is 10.2. The number of nitro benzene ring substituents is 1. The Labute approximate surface area is 163 Å². The molecule has 2 aromatic rings. The number of nitro groups is 1. The molecule has 0 aromatic heterocycles. The lowest BCUT2D eigenvalue weighted by Gasteiger charge is -2.19. The molecule has 0 unspecified atom stereocenters. The number of carbonyl (C=O) groups excluding carboxylic acids is 1. The number of nitrogens with zero attached hydrogens (tertiary/aromatic N) is 2. The minimum absolute atomic E-state index is 0.0446. The van der Waals surface area contributed by atoms with Gasteiger partial charge in [-0.15, -0.1) is 0 Å². The quantitative estimate of drug-likeness (QED) is 0.556. The second-order valence-electron chi connectivity index (χ2n) is 6.22. The summed E-state index contributed by atoms with van der Waals surface area (Å²) >= 11 is 0. The van der Waals surface area contributed by atoms with E-state index in [2.05, 4.69) is 5.32 Å². The summed E-state index contributed by atoms with van der Waals surface area (Å²) in [6.45, 7) is 2.95. The van der Waals surface area contributed by atoms with E-state index < -0.39 is 27.4 Å². The van der Waals surface area contributed by atoms with E-state index in [9.17, 15) is 23.3 Å². The summed E-state index contributed by atoms with van der Waals surface area (Å²) in [7, 11) is -1.35. The first kappa shape index (κ1) is 21.3. The Morgan fingerprint density at radius 1 is 1.21 bits per heavy atom. The van der Waals surface area contributed by atoms with Gasteiger partial charge >= 0.3 is 0 Å². The highest BCUT2D eigenvalue weighted by Gasteiger charge is 2.27. The molecule has 0 bridgehead atoms. The van der Waals surface area contributed by atoms with Crippen LogP contribution in [0, 0.1) is 24.0 Å². The fourth-order valence-corrected chi connectivity index (χ4v) is 3.85. The smallest absolute Gasteiger partial charge is 0.271 e. The number of likely N-dealkylation sites (N-methyl/N-ethyl adjacent to an activating group) is 1. The van der Waals surface area contributed by atoms with Crippen LogP contribution >= 0.6 is 0 Å². The maximum atomic E-state index is 12.8. The monoisotopic (exact) mass is 407 g/mol. The molecular formula is C18H21N3O6S. The highest BCUT2D eigenvalue weighted by atomic mass is 32.2. The zero-order valence-corrected chi connectivity index (χ0v) is 16.7. The Kier molecular flexibility index (Phi) is 6.37. The van der Waals surface area contributed by atoms with Crippen molar-refractivity contribution < 1.29 is 22.9 Å². The van der Waals surface area contributed by atoms with E-state index in [4.69, 9.17) is 4.74 Å². The SMILES string of the molecule is COc1ccc(C)cc1S(=O)(=O)N(C)CC(=O)Nc1cc([N+](=O)[O-])ccc1C. The molecular weight excluding hydrogens is 386 g/mol. The fourth-order valence-electron chi connectivity index (χ4n) is 2.49. The Balaban J connectivity index is 2.22. The van der Waals surface area contributed by atoms with Gasteiger partial charge in [-0.1, -0.05) is 12.1 Å². The van der Waals surface area contributed by atoms with Crippen molar-refractivity contribution in [3.05, 3.63) is 57.6 Å². The molecule has 9 nitrogen and oxygen atoms in total. The summed E-state index contributed by atoms with van der Waals surface area (Å²) in [5.74, 6) is -0.450. The van der Waals surface area contributed by atoms with Crippen LogP contribution in [0.3, 0.4) is 0 Å². The van der Waals surface area contributed by atoms with Crippen LogP contribution in [0.25, 0.3) is 0 Å². The molecule has 0 atom stereocenters. The maximum absolute atomic E-state index is 12.8. The number of carbonyl (C=O) groups is 1. The average molecular weight is 407 g/mol. The van der Waals surface area contributed by atoms with Crippen LogP contribution in [-0.2, 0) is 14.8 Å². The van der Waals surface area contributed by atoms with Gasteiger partial charge in [-0.2, -0.15) is 4.31 Å². The van der Waals surface area contributed by atoms with Gasteiger partial charge in [0.05, 0.1) is 24.3 Å². The van der Waals surface area contributed by atoms with E-state index in [0.717, 1.165) is 9.87 Å². The number of rotatable bonds is 7. The summed E-state index contributed by atoms with van der Waals surface area (Å²) in [6.07, 6.45) is 0. The molecule has 1 N–H and O–H groups in total. The number of ether oxygens (including phenoxy) is 1. The molecule has 28 heavy (non-hydrogen) atoms. The zero-order chi connectivity index (χ0) is 21.1. The van der Waals surface area contributed by atoms with Crippen molar-refractivity contribution in [1.29, 1.82) is 0 Å². The zero-order valence-electron chi connectivity index (χ0n) is 15.9. The van der Waals surface area contributed by atoms with E-state index in [0.29, 0.717) is 5.56 Å². The molecule has 0 saturated heterocycles. The van der Waals surface area contributed by atoms with Gasteiger partial charge in [0.15, 0.2) is 0 Å². The van der Waals surface area contributed by atoms with E-state index in [1.165, 1.54) is 38.4 Å². The third-order valence-electron chi connectivity index (χ3n) is 4.08. The maximum Gasteiger partial charge on any atom is 0.271 e. The molecule has 10 heteroatoms. The van der Waals surface area contributed by atoms with Crippen molar-refractivity contribution >= 4 is 27.3 Å². The van der Waals surface area contributed by atoms with Crippen LogP contribution in [0.1, 0.15) is 11.1 Å². The molecule has 1 amide bonds. The van der Waals surface area contributed by atoms with Crippen molar-refractivity contribution in [3.63, 3.8) is 0 Å². The highest BCUT2D eigenvalue weighted by Crippen LogP contribution is 2.27. The van der Waals surface area contributed by atoms with Gasteiger partial charge in [-0.05, 0) is 37.1 Å². The van der Waals surface area contributed by atoms with E-state index in [1.807, 2.05) is 0 Å². The van der Waals surface area contributed by atoms with Crippen LogP contribution in [0.2, 0.25) is 0 Å². The van der Waals surface area contributed by atoms with Crippen LogP contribution in [-0.4, -0.2) is 44.3 Å². The van der Waals surface area contributed by atoms with Gasteiger partial charge in [0.25, 0.3) is 5.69 Å². The lowest BCUT2D eigenvalue weighted by molar-refractivity contribution is -0.384. The first-order valence-corrected chi connectivity index (χ1v) is 9.66. The average Bonchev–Trinajstić information content (AvgIpc) is 2.63. The number of amides is 1. The normalized spacial score (nSPS) is 11.3. The number of aryl methyl sites for hydroxylation is 2. The highest BCUT2D eigenvalue weighted by molar-refractivity contribution is 7.89. The first-order chi connectivity index (χ1) is 13.1. The van der Waals surface area contributed by atoms with Crippen molar-refractivity contribution in [2.45, 2.75) is 18.7 Å². The molecule has 2 aromatic carbocycles. The van der Waals surface area contributed by atoms with Gasteiger partial charge in [0, 0.05) is 19.2 Å². The summed E-state index contributed by atoms with van der Waals surface area (Å²) in [6, 6.07) is 8.79. The van der Waals surface area contributed by atoms with Gasteiger partial charge in [0.1, 0.15) is 10.6 Å². The summed E-state index contributed by atoms with van der Waals surface area (Å²) in [5, 5.41) is 13.4. The number of sulfonamides is 1. The van der Waals surface area contributed by atoms with Crippen LogP contribution in [0.5, 0.6) is 5.75 Å².